The molecule has 2 aromatic rings. The van der Waals surface area contributed by atoms with Crippen LogP contribution in [-0.2, 0) is 4.79 Å². The van der Waals surface area contributed by atoms with Crippen LogP contribution in [0.4, 0.5) is 9.52 Å². The van der Waals surface area contributed by atoms with E-state index in [4.69, 9.17) is 5.73 Å². The molecule has 1 aromatic carbocycles. The van der Waals surface area contributed by atoms with Gasteiger partial charge in [-0.15, -0.1) is 23.7 Å². The van der Waals surface area contributed by atoms with Gasteiger partial charge in [0.05, 0.1) is 11.6 Å². The van der Waals surface area contributed by atoms with Gasteiger partial charge in [-0.05, 0) is 38.1 Å². The zero-order valence-corrected chi connectivity index (χ0v) is 14.2. The third kappa shape index (κ3) is 4.25. The molecule has 2 unspecified atom stereocenters. The Morgan fingerprint density at radius 1 is 1.32 bits per heavy atom. The highest BCUT2D eigenvalue weighted by Gasteiger charge is 2.19. The van der Waals surface area contributed by atoms with E-state index in [1.54, 1.807) is 26.0 Å². The minimum atomic E-state index is -0.288. The molecule has 0 saturated heterocycles. The topological polar surface area (TPSA) is 68.0 Å². The van der Waals surface area contributed by atoms with Crippen molar-refractivity contribution in [1.82, 2.24) is 4.98 Å². The molecule has 22 heavy (non-hydrogen) atoms. The molecule has 7 heteroatoms. The summed E-state index contributed by atoms with van der Waals surface area (Å²) in [6, 6.07) is 5.92. The third-order valence-electron chi connectivity index (χ3n) is 3.35. The number of benzene rings is 1. The maximum absolute atomic E-state index is 13.0. The first-order chi connectivity index (χ1) is 9.88. The Balaban J connectivity index is 0.00000242. The van der Waals surface area contributed by atoms with E-state index in [2.05, 4.69) is 10.3 Å². The molecule has 4 nitrogen and oxygen atoms in total. The second-order valence-electron chi connectivity index (χ2n) is 5.07. The number of aryl methyl sites for hydroxylation is 1. The van der Waals surface area contributed by atoms with Crippen molar-refractivity contribution < 1.29 is 9.18 Å². The smallest absolute Gasteiger partial charge is 0.230 e. The van der Waals surface area contributed by atoms with Gasteiger partial charge in [-0.25, -0.2) is 9.37 Å². The summed E-state index contributed by atoms with van der Waals surface area (Å²) in [6.45, 7) is 5.49. The Bertz CT molecular complexity index is 643. The van der Waals surface area contributed by atoms with E-state index in [0.29, 0.717) is 5.13 Å². The van der Waals surface area contributed by atoms with Gasteiger partial charge < -0.3 is 11.1 Å². The van der Waals surface area contributed by atoms with Crippen molar-refractivity contribution in [2.24, 2.45) is 11.7 Å². The van der Waals surface area contributed by atoms with Gasteiger partial charge >= 0.3 is 0 Å². The fraction of sp³-hybridized carbons (Fsp3) is 0.333. The van der Waals surface area contributed by atoms with E-state index < -0.39 is 0 Å². The average molecular weight is 344 g/mol. The second kappa shape index (κ2) is 7.67. The number of amides is 1. The van der Waals surface area contributed by atoms with E-state index in [9.17, 15) is 9.18 Å². The van der Waals surface area contributed by atoms with Gasteiger partial charge in [0, 0.05) is 16.5 Å². The summed E-state index contributed by atoms with van der Waals surface area (Å²) in [5.41, 5.74) is 7.30. The molecule has 0 spiro atoms. The van der Waals surface area contributed by atoms with Crippen LogP contribution in [0.25, 0.3) is 11.3 Å². The summed E-state index contributed by atoms with van der Waals surface area (Å²) >= 11 is 1.39. The molecule has 1 heterocycles. The normalized spacial score (nSPS) is 13.1. The summed E-state index contributed by atoms with van der Waals surface area (Å²) in [5.74, 6) is -0.723. The zero-order chi connectivity index (χ0) is 15.6. The number of halogens is 2. The fourth-order valence-corrected chi connectivity index (χ4v) is 2.62. The van der Waals surface area contributed by atoms with Crippen molar-refractivity contribution in [2.45, 2.75) is 26.8 Å². The van der Waals surface area contributed by atoms with E-state index in [-0.39, 0.29) is 36.1 Å². The van der Waals surface area contributed by atoms with Gasteiger partial charge in [0.1, 0.15) is 5.82 Å². The summed E-state index contributed by atoms with van der Waals surface area (Å²) < 4.78 is 13.0. The highest BCUT2D eigenvalue weighted by Crippen LogP contribution is 2.30. The predicted octanol–water partition coefficient (Wildman–Crippen LogP) is 3.60. The Morgan fingerprint density at radius 2 is 1.91 bits per heavy atom. The third-order valence-corrected chi connectivity index (χ3v) is 4.23. The average Bonchev–Trinajstić information content (AvgIpc) is 2.79. The number of anilines is 1. The van der Waals surface area contributed by atoms with E-state index in [1.807, 2.05) is 6.92 Å². The molecular formula is C15H19ClFN3OS. The number of nitrogens with two attached hydrogens (primary N) is 1. The lowest BCUT2D eigenvalue weighted by molar-refractivity contribution is -0.119. The number of hydrogen-bond donors (Lipinski definition) is 2. The molecule has 0 aliphatic carbocycles. The maximum atomic E-state index is 13.0. The largest absolute Gasteiger partial charge is 0.327 e. The quantitative estimate of drug-likeness (QED) is 0.891. The van der Waals surface area contributed by atoms with E-state index in [0.717, 1.165) is 16.1 Å². The maximum Gasteiger partial charge on any atom is 0.230 e. The lowest BCUT2D eigenvalue weighted by Crippen LogP contribution is -2.34. The number of carbonyl (C=O) groups excluding carboxylic acids is 1. The van der Waals surface area contributed by atoms with E-state index in [1.165, 1.54) is 23.5 Å². The van der Waals surface area contributed by atoms with Crippen molar-refractivity contribution in [3.05, 3.63) is 35.0 Å². The minimum Gasteiger partial charge on any atom is -0.327 e. The molecule has 1 aromatic heterocycles. The fourth-order valence-electron chi connectivity index (χ4n) is 1.78. The van der Waals surface area contributed by atoms with Crippen LogP contribution in [0, 0.1) is 18.7 Å². The lowest BCUT2D eigenvalue weighted by Gasteiger charge is -2.13. The molecule has 0 aliphatic heterocycles. The monoisotopic (exact) mass is 343 g/mol. The van der Waals surface area contributed by atoms with Crippen LogP contribution in [0.15, 0.2) is 24.3 Å². The molecule has 2 atom stereocenters. The van der Waals surface area contributed by atoms with Gasteiger partial charge in [0.15, 0.2) is 5.13 Å². The predicted molar refractivity (Wildman–Crippen MR) is 90.9 cm³/mol. The van der Waals surface area contributed by atoms with Crippen molar-refractivity contribution >= 4 is 34.8 Å². The molecule has 0 aliphatic rings. The first-order valence-electron chi connectivity index (χ1n) is 6.68. The molecule has 0 saturated carbocycles. The highest BCUT2D eigenvalue weighted by molar-refractivity contribution is 7.16. The summed E-state index contributed by atoms with van der Waals surface area (Å²) in [7, 11) is 0. The first kappa shape index (κ1) is 18.5. The summed E-state index contributed by atoms with van der Waals surface area (Å²) in [5, 5.41) is 3.31. The standard InChI is InChI=1S/C15H18FN3OS.ClH/c1-8(9(2)17)14(20)19-15-18-13(10(3)21-15)11-4-6-12(16)7-5-11;/h4-9H,17H2,1-3H3,(H,18,19,20);1H. The molecule has 0 bridgehead atoms. The molecule has 0 fully saturated rings. The van der Waals surface area contributed by atoms with Gasteiger partial charge in [-0.1, -0.05) is 6.92 Å². The van der Waals surface area contributed by atoms with Crippen LogP contribution in [0.1, 0.15) is 18.7 Å². The van der Waals surface area contributed by atoms with Crippen LogP contribution in [0.2, 0.25) is 0 Å². The van der Waals surface area contributed by atoms with Crippen molar-refractivity contribution in [3.63, 3.8) is 0 Å². The Morgan fingerprint density at radius 3 is 2.45 bits per heavy atom. The van der Waals surface area contributed by atoms with Gasteiger partial charge in [-0.2, -0.15) is 0 Å². The lowest BCUT2D eigenvalue weighted by atomic mass is 10.0. The Hall–Kier alpha value is -1.50. The van der Waals surface area contributed by atoms with Crippen LogP contribution in [0.3, 0.4) is 0 Å². The Kier molecular flexibility index (Phi) is 6.47. The van der Waals surface area contributed by atoms with Crippen LogP contribution in [0.5, 0.6) is 0 Å². The van der Waals surface area contributed by atoms with E-state index >= 15 is 0 Å². The van der Waals surface area contributed by atoms with Crippen LogP contribution >= 0.6 is 23.7 Å². The van der Waals surface area contributed by atoms with Gasteiger partial charge in [-0.3, -0.25) is 4.79 Å². The zero-order valence-electron chi connectivity index (χ0n) is 12.6. The number of carbonyl (C=O) groups is 1. The highest BCUT2D eigenvalue weighted by atomic mass is 35.5. The number of rotatable bonds is 4. The first-order valence-corrected chi connectivity index (χ1v) is 7.50. The van der Waals surface area contributed by atoms with Crippen LogP contribution < -0.4 is 11.1 Å². The van der Waals surface area contributed by atoms with Crippen molar-refractivity contribution in [1.29, 1.82) is 0 Å². The number of thiazole rings is 1. The van der Waals surface area contributed by atoms with Crippen LogP contribution in [-0.4, -0.2) is 16.9 Å². The number of hydrogen-bond acceptors (Lipinski definition) is 4. The molecule has 1 amide bonds. The molecule has 2 rings (SSSR count). The summed E-state index contributed by atoms with van der Waals surface area (Å²) in [4.78, 5) is 17.4. The SMILES string of the molecule is Cc1sc(NC(=O)C(C)C(C)N)nc1-c1ccc(F)cc1.Cl. The van der Waals surface area contributed by atoms with Crippen molar-refractivity contribution in [2.75, 3.05) is 5.32 Å². The summed E-state index contributed by atoms with van der Waals surface area (Å²) in [6.07, 6.45) is 0. The van der Waals surface area contributed by atoms with Crippen molar-refractivity contribution in [3.8, 4) is 11.3 Å². The number of nitrogens with zero attached hydrogens (tertiary/aromatic N) is 1. The Labute approximate surface area is 139 Å². The molecular weight excluding hydrogens is 325 g/mol. The van der Waals surface area contributed by atoms with Gasteiger partial charge in [0.2, 0.25) is 5.91 Å². The molecule has 120 valence electrons. The molecule has 3 N–H and O–H groups in total. The van der Waals surface area contributed by atoms with Gasteiger partial charge in [0.25, 0.3) is 0 Å². The molecule has 0 radical (unpaired) electrons. The number of aromatic nitrogens is 1. The second-order valence-corrected chi connectivity index (χ2v) is 6.27. The minimum absolute atomic E-state index is 0. The number of nitrogens with one attached hydrogen (secondary N) is 1.